The van der Waals surface area contributed by atoms with Crippen molar-refractivity contribution >= 4 is 12.6 Å². The van der Waals surface area contributed by atoms with Crippen LogP contribution in [0.3, 0.4) is 0 Å². The SMILES string of the molecule is Cc1nnn(C(C)(C)CS)n1. The van der Waals surface area contributed by atoms with Crippen LogP contribution in [0.25, 0.3) is 0 Å². The Balaban J connectivity index is 2.92. The lowest BCUT2D eigenvalue weighted by molar-refractivity contribution is 0.313. The molecule has 11 heavy (non-hydrogen) atoms. The molecule has 0 bridgehead atoms. The van der Waals surface area contributed by atoms with E-state index in [-0.39, 0.29) is 5.54 Å². The monoisotopic (exact) mass is 172 g/mol. The van der Waals surface area contributed by atoms with Crippen LogP contribution in [0.5, 0.6) is 0 Å². The predicted octanol–water partition coefficient (Wildman–Crippen LogP) is 0.646. The first-order chi connectivity index (χ1) is 5.06. The van der Waals surface area contributed by atoms with Gasteiger partial charge in [0.1, 0.15) is 0 Å². The molecule has 0 amide bonds. The van der Waals surface area contributed by atoms with Gasteiger partial charge in [-0.15, -0.1) is 10.2 Å². The summed E-state index contributed by atoms with van der Waals surface area (Å²) in [5.74, 6) is 1.39. The fourth-order valence-corrected chi connectivity index (χ4v) is 0.730. The zero-order chi connectivity index (χ0) is 8.48. The van der Waals surface area contributed by atoms with Crippen molar-refractivity contribution in [3.63, 3.8) is 0 Å². The predicted molar refractivity (Wildman–Crippen MR) is 45.7 cm³/mol. The average Bonchev–Trinajstić information content (AvgIpc) is 2.36. The van der Waals surface area contributed by atoms with Gasteiger partial charge in [0.2, 0.25) is 0 Å². The van der Waals surface area contributed by atoms with Crippen LogP contribution in [0.15, 0.2) is 0 Å². The molecule has 62 valence electrons. The molecule has 1 aromatic rings. The van der Waals surface area contributed by atoms with Gasteiger partial charge < -0.3 is 0 Å². The molecule has 0 spiro atoms. The van der Waals surface area contributed by atoms with Gasteiger partial charge >= 0.3 is 0 Å². The highest BCUT2D eigenvalue weighted by Crippen LogP contribution is 2.12. The standard InChI is InChI=1S/C6H12N4S/c1-5-7-9-10(8-5)6(2,3)4-11/h11H,4H2,1-3H3. The number of rotatable bonds is 2. The Bertz CT molecular complexity index is 242. The molecule has 0 aromatic carbocycles. The smallest absolute Gasteiger partial charge is 0.171 e. The first-order valence-electron chi connectivity index (χ1n) is 3.44. The second kappa shape index (κ2) is 2.81. The first kappa shape index (κ1) is 8.52. The molecule has 0 radical (unpaired) electrons. The molecular formula is C6H12N4S. The minimum atomic E-state index is -0.148. The molecule has 0 saturated heterocycles. The minimum absolute atomic E-state index is 0.148. The molecule has 1 heterocycles. The zero-order valence-electron chi connectivity index (χ0n) is 6.94. The molecule has 1 rings (SSSR count). The Morgan fingerprint density at radius 3 is 2.55 bits per heavy atom. The normalized spacial score (nSPS) is 12.0. The van der Waals surface area contributed by atoms with E-state index in [1.54, 1.807) is 4.80 Å². The lowest BCUT2D eigenvalue weighted by atomic mass is 10.1. The van der Waals surface area contributed by atoms with Crippen LogP contribution in [-0.4, -0.2) is 26.0 Å². The summed E-state index contributed by atoms with van der Waals surface area (Å²) in [5.41, 5.74) is -0.148. The van der Waals surface area contributed by atoms with Crippen LogP contribution in [0.4, 0.5) is 0 Å². The van der Waals surface area contributed by atoms with Crippen molar-refractivity contribution in [1.82, 2.24) is 20.2 Å². The van der Waals surface area contributed by atoms with E-state index in [1.165, 1.54) is 0 Å². The van der Waals surface area contributed by atoms with Crippen molar-refractivity contribution in [3.05, 3.63) is 5.82 Å². The largest absolute Gasteiger partial charge is 0.177 e. The van der Waals surface area contributed by atoms with Crippen LogP contribution >= 0.6 is 12.6 Å². The molecule has 0 aliphatic carbocycles. The van der Waals surface area contributed by atoms with Crippen molar-refractivity contribution in [2.75, 3.05) is 5.75 Å². The van der Waals surface area contributed by atoms with Gasteiger partial charge in [0.05, 0.1) is 5.54 Å². The molecule has 0 atom stereocenters. The molecule has 1 aromatic heterocycles. The van der Waals surface area contributed by atoms with Gasteiger partial charge in [-0.05, 0) is 26.0 Å². The molecule has 4 nitrogen and oxygen atoms in total. The first-order valence-corrected chi connectivity index (χ1v) is 4.07. The lowest BCUT2D eigenvalue weighted by Gasteiger charge is -2.19. The number of thiol groups is 1. The van der Waals surface area contributed by atoms with E-state index in [0.717, 1.165) is 0 Å². The Kier molecular flexibility index (Phi) is 2.17. The summed E-state index contributed by atoms with van der Waals surface area (Å²) < 4.78 is 0. The maximum Gasteiger partial charge on any atom is 0.171 e. The van der Waals surface area contributed by atoms with E-state index in [4.69, 9.17) is 0 Å². The summed E-state index contributed by atoms with van der Waals surface area (Å²) in [4.78, 5) is 1.59. The Labute approximate surface area is 71.4 Å². The zero-order valence-corrected chi connectivity index (χ0v) is 7.84. The number of hydrogen-bond donors (Lipinski definition) is 1. The Morgan fingerprint density at radius 2 is 2.18 bits per heavy atom. The molecule has 0 aliphatic rings. The maximum absolute atomic E-state index is 4.19. The van der Waals surface area contributed by atoms with Gasteiger partial charge in [-0.3, -0.25) is 0 Å². The molecule has 0 aliphatic heterocycles. The van der Waals surface area contributed by atoms with Crippen LogP contribution < -0.4 is 0 Å². The maximum atomic E-state index is 4.19. The van der Waals surface area contributed by atoms with Crippen molar-refractivity contribution < 1.29 is 0 Å². The van der Waals surface area contributed by atoms with Crippen molar-refractivity contribution in [1.29, 1.82) is 0 Å². The molecule has 5 heteroatoms. The van der Waals surface area contributed by atoms with E-state index in [9.17, 15) is 0 Å². The summed E-state index contributed by atoms with van der Waals surface area (Å²) in [6.07, 6.45) is 0. The second-order valence-electron chi connectivity index (χ2n) is 3.10. The fourth-order valence-electron chi connectivity index (χ4n) is 0.604. The summed E-state index contributed by atoms with van der Waals surface area (Å²) in [6, 6.07) is 0. The van der Waals surface area contributed by atoms with E-state index < -0.39 is 0 Å². The fraction of sp³-hybridized carbons (Fsp3) is 0.833. The van der Waals surface area contributed by atoms with E-state index in [2.05, 4.69) is 28.0 Å². The van der Waals surface area contributed by atoms with Crippen molar-refractivity contribution in [2.45, 2.75) is 26.3 Å². The molecule has 0 N–H and O–H groups in total. The highest BCUT2D eigenvalue weighted by atomic mass is 32.1. The second-order valence-corrected chi connectivity index (χ2v) is 3.41. The number of hydrogen-bond acceptors (Lipinski definition) is 4. The highest BCUT2D eigenvalue weighted by Gasteiger charge is 2.20. The number of aryl methyl sites for hydroxylation is 1. The van der Waals surface area contributed by atoms with Gasteiger partial charge in [0, 0.05) is 5.75 Å². The summed E-state index contributed by atoms with van der Waals surface area (Å²) in [6.45, 7) is 5.85. The lowest BCUT2D eigenvalue weighted by Crippen LogP contribution is -2.30. The van der Waals surface area contributed by atoms with E-state index in [0.29, 0.717) is 11.6 Å². The summed E-state index contributed by atoms with van der Waals surface area (Å²) in [7, 11) is 0. The quantitative estimate of drug-likeness (QED) is 0.666. The highest BCUT2D eigenvalue weighted by molar-refractivity contribution is 7.80. The van der Waals surface area contributed by atoms with Crippen LogP contribution in [0, 0.1) is 6.92 Å². The molecule has 0 unspecified atom stereocenters. The average molecular weight is 172 g/mol. The number of tetrazole rings is 1. The molecular weight excluding hydrogens is 160 g/mol. The molecule has 0 saturated carbocycles. The van der Waals surface area contributed by atoms with E-state index >= 15 is 0 Å². The van der Waals surface area contributed by atoms with Crippen LogP contribution in [0.2, 0.25) is 0 Å². The van der Waals surface area contributed by atoms with Crippen LogP contribution in [-0.2, 0) is 5.54 Å². The Morgan fingerprint density at radius 1 is 1.55 bits per heavy atom. The van der Waals surface area contributed by atoms with Gasteiger partial charge in [-0.1, -0.05) is 0 Å². The third-order valence-electron chi connectivity index (χ3n) is 1.44. The third-order valence-corrected chi connectivity index (χ3v) is 2.22. The van der Waals surface area contributed by atoms with Gasteiger partial charge in [-0.25, -0.2) is 0 Å². The van der Waals surface area contributed by atoms with Crippen LogP contribution in [0.1, 0.15) is 19.7 Å². The summed E-state index contributed by atoms with van der Waals surface area (Å²) >= 11 is 4.19. The summed E-state index contributed by atoms with van der Waals surface area (Å²) in [5, 5.41) is 11.8. The van der Waals surface area contributed by atoms with Crippen molar-refractivity contribution in [3.8, 4) is 0 Å². The molecule has 0 fully saturated rings. The van der Waals surface area contributed by atoms with Crippen molar-refractivity contribution in [2.24, 2.45) is 0 Å². The van der Waals surface area contributed by atoms with Gasteiger partial charge in [0.15, 0.2) is 5.82 Å². The minimum Gasteiger partial charge on any atom is -0.177 e. The van der Waals surface area contributed by atoms with Gasteiger partial charge in [-0.2, -0.15) is 17.4 Å². The Hall–Kier alpha value is -0.580. The topological polar surface area (TPSA) is 43.6 Å². The van der Waals surface area contributed by atoms with E-state index in [1.807, 2.05) is 20.8 Å². The number of nitrogens with zero attached hydrogens (tertiary/aromatic N) is 4. The van der Waals surface area contributed by atoms with Gasteiger partial charge in [0.25, 0.3) is 0 Å². The number of aromatic nitrogens is 4. The third kappa shape index (κ3) is 1.71.